The summed E-state index contributed by atoms with van der Waals surface area (Å²) in [5.41, 5.74) is 3.24. The van der Waals surface area contributed by atoms with Gasteiger partial charge in [-0.05, 0) is 48.2 Å². The summed E-state index contributed by atoms with van der Waals surface area (Å²) in [5, 5.41) is 0. The van der Waals surface area contributed by atoms with Gasteiger partial charge in [0.2, 0.25) is 0 Å². The number of carbonyl (C=O) groups excluding carboxylic acids is 4. The van der Waals surface area contributed by atoms with E-state index in [1.807, 2.05) is 24.3 Å². The number of rotatable bonds is 4. The zero-order valence-electron chi connectivity index (χ0n) is 24.6. The Morgan fingerprint density at radius 1 is 0.381 bits per heavy atom. The molecule has 0 spiro atoms. The third kappa shape index (κ3) is 6.64. The topological polar surface area (TPSA) is 74.8 Å². The van der Waals surface area contributed by atoms with Crippen LogP contribution in [-0.2, 0) is 24.6 Å². The van der Waals surface area contributed by atoms with E-state index in [2.05, 4.69) is 24.3 Å². The number of nitrogens with zero attached hydrogens (tertiary/aromatic N) is 2. The van der Waals surface area contributed by atoms with Crippen LogP contribution in [0.5, 0.6) is 0 Å². The van der Waals surface area contributed by atoms with Gasteiger partial charge in [0.15, 0.2) is 0 Å². The number of benzene rings is 2. The number of hydrogen-bond donors (Lipinski definition) is 0. The van der Waals surface area contributed by atoms with E-state index in [4.69, 9.17) is 0 Å². The molecule has 3 aliphatic rings. The van der Waals surface area contributed by atoms with Gasteiger partial charge in [0, 0.05) is 29.7 Å². The fourth-order valence-corrected chi connectivity index (χ4v) is 6.84. The summed E-state index contributed by atoms with van der Waals surface area (Å²) in [6.07, 6.45) is 23.5. The molecule has 2 aliphatic heterocycles. The molecule has 6 heteroatoms. The van der Waals surface area contributed by atoms with Gasteiger partial charge in [-0.1, -0.05) is 108 Å². The van der Waals surface area contributed by atoms with E-state index in [1.54, 1.807) is 0 Å². The van der Waals surface area contributed by atoms with Crippen molar-refractivity contribution in [1.29, 1.82) is 0 Å². The highest BCUT2D eigenvalue weighted by Gasteiger charge is 2.35. The zero-order chi connectivity index (χ0) is 29.4. The maximum Gasteiger partial charge on any atom is 0.258 e. The molecule has 0 atom stereocenters. The number of carbonyl (C=O) groups is 4. The molecule has 0 bridgehead atoms. The lowest BCUT2D eigenvalue weighted by Crippen LogP contribution is -2.31. The average molecular weight is 567 g/mol. The van der Waals surface area contributed by atoms with Gasteiger partial charge in [-0.25, -0.2) is 9.80 Å². The summed E-state index contributed by atoms with van der Waals surface area (Å²) >= 11 is 0. The van der Waals surface area contributed by atoms with Gasteiger partial charge in [-0.3, -0.25) is 19.2 Å². The minimum atomic E-state index is -0.316. The molecule has 220 valence electrons. The molecule has 5 rings (SSSR count). The second-order valence-corrected chi connectivity index (χ2v) is 12.0. The molecule has 0 N–H and O–H groups in total. The Balaban J connectivity index is 1.47. The first-order valence-corrected chi connectivity index (χ1v) is 15.8. The lowest BCUT2D eigenvalue weighted by Gasteiger charge is -2.36. The highest BCUT2D eigenvalue weighted by Crippen LogP contribution is 2.43. The first-order chi connectivity index (χ1) is 20.5. The van der Waals surface area contributed by atoms with Crippen molar-refractivity contribution >= 4 is 35.0 Å². The first kappa shape index (κ1) is 29.7. The van der Waals surface area contributed by atoms with E-state index in [9.17, 15) is 19.2 Å². The van der Waals surface area contributed by atoms with Crippen molar-refractivity contribution in [3.63, 3.8) is 0 Å². The standard InChI is InChI=1S/C36H42N2O4/c39-32-22-23-33(40)37(32)30-18-14-28(15-19-30)36(29-16-20-31(21-17-29)38-34(41)24-25-35(38)42)26-12-10-8-6-4-2-1-3-5-7-9-11-13-27-36/h14-25H,1-13,26-27H2. The van der Waals surface area contributed by atoms with Gasteiger partial charge in [0.05, 0.1) is 11.4 Å². The van der Waals surface area contributed by atoms with E-state index >= 15 is 0 Å². The highest BCUT2D eigenvalue weighted by atomic mass is 16.2. The van der Waals surface area contributed by atoms with Crippen molar-refractivity contribution in [3.8, 4) is 0 Å². The van der Waals surface area contributed by atoms with Crippen LogP contribution < -0.4 is 9.80 Å². The Kier molecular flexibility index (Phi) is 9.83. The quantitative estimate of drug-likeness (QED) is 0.356. The summed E-state index contributed by atoms with van der Waals surface area (Å²) in [4.78, 5) is 51.7. The molecule has 42 heavy (non-hydrogen) atoms. The SMILES string of the molecule is O=C1C=CC(=O)N1c1ccc(C2(c3ccc(N4C(=O)C=CC4=O)cc3)CCCCCCCCCCCCCCC2)cc1. The predicted octanol–water partition coefficient (Wildman–Crippen LogP) is 7.70. The minimum Gasteiger partial charge on any atom is -0.269 e. The molecule has 2 heterocycles. The zero-order valence-corrected chi connectivity index (χ0v) is 24.6. The maximum atomic E-state index is 12.3. The van der Waals surface area contributed by atoms with Crippen molar-refractivity contribution in [2.75, 3.05) is 9.80 Å². The molecule has 1 saturated carbocycles. The Morgan fingerprint density at radius 2 is 0.643 bits per heavy atom. The summed E-state index contributed by atoms with van der Waals surface area (Å²) in [6, 6.07) is 15.9. The van der Waals surface area contributed by atoms with Crippen molar-refractivity contribution in [2.24, 2.45) is 0 Å². The lowest BCUT2D eigenvalue weighted by molar-refractivity contribution is -0.121. The predicted molar refractivity (Wildman–Crippen MR) is 166 cm³/mol. The molecule has 1 aliphatic carbocycles. The smallest absolute Gasteiger partial charge is 0.258 e. The van der Waals surface area contributed by atoms with Gasteiger partial charge in [-0.2, -0.15) is 0 Å². The first-order valence-electron chi connectivity index (χ1n) is 15.8. The van der Waals surface area contributed by atoms with Gasteiger partial charge < -0.3 is 0 Å². The van der Waals surface area contributed by atoms with Crippen molar-refractivity contribution in [2.45, 2.75) is 102 Å². The molecule has 2 aromatic carbocycles. The monoisotopic (exact) mass is 566 g/mol. The third-order valence-corrected chi connectivity index (χ3v) is 9.18. The molecule has 6 nitrogen and oxygen atoms in total. The van der Waals surface area contributed by atoms with Crippen LogP contribution in [0.2, 0.25) is 0 Å². The van der Waals surface area contributed by atoms with E-state index in [-0.39, 0.29) is 29.0 Å². The molecule has 2 aromatic rings. The Hall–Kier alpha value is -3.80. The van der Waals surface area contributed by atoms with E-state index in [0.717, 1.165) is 25.7 Å². The third-order valence-electron chi connectivity index (χ3n) is 9.18. The molecular weight excluding hydrogens is 524 g/mol. The molecular formula is C36H42N2O4. The van der Waals surface area contributed by atoms with Crippen LogP contribution in [0.25, 0.3) is 0 Å². The number of imide groups is 2. The molecule has 0 radical (unpaired) electrons. The fraction of sp³-hybridized carbons (Fsp3) is 0.444. The van der Waals surface area contributed by atoms with E-state index in [0.29, 0.717) is 11.4 Å². The summed E-state index contributed by atoms with van der Waals surface area (Å²) in [5.74, 6) is -1.27. The molecule has 0 saturated heterocycles. The second-order valence-electron chi connectivity index (χ2n) is 12.0. The number of amides is 4. The summed E-state index contributed by atoms with van der Waals surface area (Å²) < 4.78 is 0. The van der Waals surface area contributed by atoms with Crippen LogP contribution in [0.4, 0.5) is 11.4 Å². The second kappa shape index (κ2) is 13.9. The van der Waals surface area contributed by atoms with Gasteiger partial charge >= 0.3 is 0 Å². The molecule has 0 aromatic heterocycles. The Bertz CT molecular complexity index is 1200. The molecule has 4 amide bonds. The van der Waals surface area contributed by atoms with Crippen LogP contribution >= 0.6 is 0 Å². The summed E-state index contributed by atoms with van der Waals surface area (Å²) in [6.45, 7) is 0. The van der Waals surface area contributed by atoms with E-state index in [1.165, 1.54) is 116 Å². The normalized spacial score (nSPS) is 21.0. The fourth-order valence-electron chi connectivity index (χ4n) is 6.84. The number of anilines is 2. The Morgan fingerprint density at radius 3 is 0.929 bits per heavy atom. The summed E-state index contributed by atoms with van der Waals surface area (Å²) in [7, 11) is 0. The van der Waals surface area contributed by atoms with Crippen molar-refractivity contribution in [1.82, 2.24) is 0 Å². The van der Waals surface area contributed by atoms with Crippen molar-refractivity contribution in [3.05, 3.63) is 84.0 Å². The molecule has 1 fully saturated rings. The van der Waals surface area contributed by atoms with Crippen LogP contribution in [0.3, 0.4) is 0 Å². The Labute approximate surface area is 249 Å². The molecule has 0 unspecified atom stereocenters. The number of hydrogen-bond acceptors (Lipinski definition) is 4. The minimum absolute atomic E-state index is 0.261. The van der Waals surface area contributed by atoms with Crippen LogP contribution in [0, 0.1) is 0 Å². The average Bonchev–Trinajstić information content (AvgIpc) is 3.52. The van der Waals surface area contributed by atoms with Gasteiger partial charge in [-0.15, -0.1) is 0 Å². The van der Waals surface area contributed by atoms with Gasteiger partial charge in [0.1, 0.15) is 0 Å². The largest absolute Gasteiger partial charge is 0.269 e. The van der Waals surface area contributed by atoms with Crippen LogP contribution in [0.1, 0.15) is 107 Å². The highest BCUT2D eigenvalue weighted by molar-refractivity contribution is 6.28. The van der Waals surface area contributed by atoms with Gasteiger partial charge in [0.25, 0.3) is 23.6 Å². The van der Waals surface area contributed by atoms with Crippen LogP contribution in [-0.4, -0.2) is 23.6 Å². The maximum absolute atomic E-state index is 12.3. The van der Waals surface area contributed by atoms with Crippen LogP contribution in [0.15, 0.2) is 72.8 Å². The lowest BCUT2D eigenvalue weighted by atomic mass is 9.67. The van der Waals surface area contributed by atoms with Crippen molar-refractivity contribution < 1.29 is 19.2 Å². The van der Waals surface area contributed by atoms with E-state index < -0.39 is 0 Å².